The molecular formula is C21H36Cl2O2. The second-order valence-electron chi connectivity index (χ2n) is 6.38. The van der Waals surface area contributed by atoms with E-state index in [4.69, 9.17) is 27.9 Å². The molecule has 0 fully saturated rings. The van der Waals surface area contributed by atoms with Gasteiger partial charge < -0.3 is 4.74 Å². The quantitative estimate of drug-likeness (QED) is 0.111. The third-order valence-electron chi connectivity index (χ3n) is 3.93. The highest BCUT2D eigenvalue weighted by Gasteiger charge is 2.04. The summed E-state index contributed by atoms with van der Waals surface area (Å²) in [4.78, 5) is 11.0. The predicted octanol–water partition coefficient (Wildman–Crippen LogP) is 7.54. The number of unbranched alkanes of at least 4 members (excludes halogenated alkanes) is 8. The maximum Gasteiger partial charge on any atom is 0.305 e. The number of rotatable bonds is 17. The van der Waals surface area contributed by atoms with Crippen LogP contribution in [0.5, 0.6) is 0 Å². The molecule has 0 aliphatic rings. The highest BCUT2D eigenvalue weighted by Crippen LogP contribution is 2.10. The summed E-state index contributed by atoms with van der Waals surface area (Å²) in [6.07, 6.45) is 23.1. The molecule has 0 amide bonds. The molecule has 146 valence electrons. The summed E-state index contributed by atoms with van der Waals surface area (Å²) >= 11 is 11.1. The Balaban J connectivity index is 3.27. The number of halogens is 2. The molecule has 0 aromatic rings. The SMILES string of the molecule is CCCCC/C=C\C/C=C\CCCCCCCC(=O)OCCC(Cl)Cl. The van der Waals surface area contributed by atoms with Gasteiger partial charge in [-0.25, -0.2) is 0 Å². The molecule has 0 aliphatic heterocycles. The van der Waals surface area contributed by atoms with E-state index in [-0.39, 0.29) is 5.97 Å². The van der Waals surface area contributed by atoms with Crippen LogP contribution in [0.3, 0.4) is 0 Å². The van der Waals surface area contributed by atoms with Gasteiger partial charge in [0.1, 0.15) is 4.84 Å². The Labute approximate surface area is 165 Å². The fraction of sp³-hybridized carbons (Fsp3) is 0.762. The van der Waals surface area contributed by atoms with Gasteiger partial charge in [0.05, 0.1) is 6.61 Å². The van der Waals surface area contributed by atoms with Crippen molar-refractivity contribution in [1.29, 1.82) is 0 Å². The van der Waals surface area contributed by atoms with Crippen molar-refractivity contribution in [3.8, 4) is 0 Å². The molecule has 0 saturated heterocycles. The van der Waals surface area contributed by atoms with Crippen LogP contribution >= 0.6 is 23.2 Å². The van der Waals surface area contributed by atoms with E-state index in [1.165, 1.54) is 44.9 Å². The highest BCUT2D eigenvalue weighted by atomic mass is 35.5. The Morgan fingerprint density at radius 1 is 0.880 bits per heavy atom. The van der Waals surface area contributed by atoms with Gasteiger partial charge in [0.15, 0.2) is 0 Å². The molecule has 0 rings (SSSR count). The van der Waals surface area contributed by atoms with Crippen LogP contribution in [0.4, 0.5) is 0 Å². The van der Waals surface area contributed by atoms with Gasteiger partial charge in [-0.05, 0) is 38.5 Å². The highest BCUT2D eigenvalue weighted by molar-refractivity contribution is 6.44. The monoisotopic (exact) mass is 390 g/mol. The summed E-state index contributed by atoms with van der Waals surface area (Å²) in [6.45, 7) is 2.55. The molecule has 0 spiro atoms. The summed E-state index contributed by atoms with van der Waals surface area (Å²) in [6, 6.07) is 0. The molecule has 0 atom stereocenters. The average Bonchev–Trinajstić information content (AvgIpc) is 2.58. The maximum absolute atomic E-state index is 11.4. The van der Waals surface area contributed by atoms with Crippen molar-refractivity contribution in [2.45, 2.75) is 95.2 Å². The lowest BCUT2D eigenvalue weighted by Gasteiger charge is -2.05. The summed E-state index contributed by atoms with van der Waals surface area (Å²) < 4.78 is 5.05. The molecule has 25 heavy (non-hydrogen) atoms. The first-order valence-corrected chi connectivity index (χ1v) is 10.8. The van der Waals surface area contributed by atoms with Gasteiger partial charge in [-0.2, -0.15) is 0 Å². The summed E-state index contributed by atoms with van der Waals surface area (Å²) in [5, 5.41) is 0. The third-order valence-corrected chi connectivity index (χ3v) is 4.37. The van der Waals surface area contributed by atoms with E-state index in [1.54, 1.807) is 0 Å². The minimum Gasteiger partial charge on any atom is -0.466 e. The van der Waals surface area contributed by atoms with Gasteiger partial charge in [-0.15, -0.1) is 23.2 Å². The van der Waals surface area contributed by atoms with Crippen molar-refractivity contribution in [2.24, 2.45) is 0 Å². The molecule has 0 radical (unpaired) electrons. The number of hydrogen-bond acceptors (Lipinski definition) is 2. The number of allylic oxidation sites excluding steroid dienone is 4. The molecule has 0 N–H and O–H groups in total. The predicted molar refractivity (Wildman–Crippen MR) is 110 cm³/mol. The Bertz CT molecular complexity index is 352. The zero-order valence-corrected chi connectivity index (χ0v) is 17.4. The van der Waals surface area contributed by atoms with Gasteiger partial charge >= 0.3 is 5.97 Å². The van der Waals surface area contributed by atoms with Crippen LogP contribution in [0.15, 0.2) is 24.3 Å². The Morgan fingerprint density at radius 3 is 2.12 bits per heavy atom. The Kier molecular flexibility index (Phi) is 19.5. The van der Waals surface area contributed by atoms with Gasteiger partial charge in [-0.3, -0.25) is 4.79 Å². The maximum atomic E-state index is 11.4. The lowest BCUT2D eigenvalue weighted by molar-refractivity contribution is -0.143. The molecule has 0 aromatic heterocycles. The minimum atomic E-state index is -0.455. The van der Waals surface area contributed by atoms with E-state index in [0.29, 0.717) is 19.4 Å². The summed E-state index contributed by atoms with van der Waals surface area (Å²) in [5.41, 5.74) is 0. The van der Waals surface area contributed by atoms with E-state index >= 15 is 0 Å². The zero-order chi connectivity index (χ0) is 18.6. The van der Waals surface area contributed by atoms with Crippen molar-refractivity contribution in [2.75, 3.05) is 6.61 Å². The van der Waals surface area contributed by atoms with E-state index in [9.17, 15) is 4.79 Å². The molecule has 0 unspecified atom stereocenters. The van der Waals surface area contributed by atoms with Crippen LogP contribution in [0, 0.1) is 0 Å². The number of alkyl halides is 2. The van der Waals surface area contributed by atoms with Crippen LogP contribution in [0.25, 0.3) is 0 Å². The van der Waals surface area contributed by atoms with Crippen LogP contribution < -0.4 is 0 Å². The summed E-state index contributed by atoms with van der Waals surface area (Å²) in [7, 11) is 0. The number of esters is 1. The number of carbonyl (C=O) groups is 1. The number of carbonyl (C=O) groups excluding carboxylic acids is 1. The fourth-order valence-corrected chi connectivity index (χ4v) is 2.59. The van der Waals surface area contributed by atoms with Crippen LogP contribution in [0.2, 0.25) is 0 Å². The Hall–Kier alpha value is -0.470. The second kappa shape index (κ2) is 19.8. The van der Waals surface area contributed by atoms with Crippen LogP contribution in [0.1, 0.15) is 90.4 Å². The van der Waals surface area contributed by atoms with Crippen LogP contribution in [-0.2, 0) is 9.53 Å². The molecule has 2 nitrogen and oxygen atoms in total. The molecule has 0 heterocycles. The van der Waals surface area contributed by atoms with E-state index in [0.717, 1.165) is 25.7 Å². The first-order valence-electron chi connectivity index (χ1n) is 9.90. The third kappa shape index (κ3) is 21.5. The molecular weight excluding hydrogens is 355 g/mol. The van der Waals surface area contributed by atoms with Crippen molar-refractivity contribution >= 4 is 29.2 Å². The molecule has 4 heteroatoms. The molecule has 0 saturated carbocycles. The Morgan fingerprint density at radius 2 is 1.48 bits per heavy atom. The number of hydrogen-bond donors (Lipinski definition) is 0. The van der Waals surface area contributed by atoms with Gasteiger partial charge in [0.2, 0.25) is 0 Å². The minimum absolute atomic E-state index is 0.139. The van der Waals surface area contributed by atoms with Crippen LogP contribution in [-0.4, -0.2) is 17.4 Å². The van der Waals surface area contributed by atoms with Crippen molar-refractivity contribution in [3.05, 3.63) is 24.3 Å². The van der Waals surface area contributed by atoms with Gasteiger partial charge in [0, 0.05) is 12.8 Å². The van der Waals surface area contributed by atoms with Crippen molar-refractivity contribution in [1.82, 2.24) is 0 Å². The standard InChI is InChI=1S/C21H36Cl2O2/c1-2-3-4-5-6-7-8-9-10-11-12-13-14-15-16-17-21(24)25-19-18-20(22)23/h6-7,9-10,20H,2-5,8,11-19H2,1H3/b7-6-,10-9-. The molecule has 0 aliphatic carbocycles. The number of ether oxygens (including phenoxy) is 1. The summed E-state index contributed by atoms with van der Waals surface area (Å²) in [5.74, 6) is -0.139. The zero-order valence-electron chi connectivity index (χ0n) is 15.9. The van der Waals surface area contributed by atoms with Crippen molar-refractivity contribution < 1.29 is 9.53 Å². The van der Waals surface area contributed by atoms with Crippen molar-refractivity contribution in [3.63, 3.8) is 0 Å². The van der Waals surface area contributed by atoms with E-state index in [1.807, 2.05) is 0 Å². The lowest BCUT2D eigenvalue weighted by atomic mass is 10.1. The second-order valence-corrected chi connectivity index (χ2v) is 7.66. The average molecular weight is 391 g/mol. The molecule has 0 bridgehead atoms. The normalized spacial score (nSPS) is 11.8. The first-order chi connectivity index (χ1) is 12.2. The van der Waals surface area contributed by atoms with E-state index in [2.05, 4.69) is 31.2 Å². The topological polar surface area (TPSA) is 26.3 Å². The van der Waals surface area contributed by atoms with E-state index < -0.39 is 4.84 Å². The smallest absolute Gasteiger partial charge is 0.305 e. The first kappa shape index (κ1) is 24.5. The molecule has 0 aromatic carbocycles. The van der Waals surface area contributed by atoms with Gasteiger partial charge in [-0.1, -0.05) is 63.3 Å². The lowest BCUT2D eigenvalue weighted by Crippen LogP contribution is -2.07. The van der Waals surface area contributed by atoms with Gasteiger partial charge in [0.25, 0.3) is 0 Å². The largest absolute Gasteiger partial charge is 0.466 e. The fourth-order valence-electron chi connectivity index (χ4n) is 2.41.